The van der Waals surface area contributed by atoms with E-state index in [9.17, 15) is 4.79 Å². The largest absolute Gasteiger partial charge is 0.361 e. The van der Waals surface area contributed by atoms with Gasteiger partial charge in [-0.3, -0.25) is 4.79 Å². The van der Waals surface area contributed by atoms with E-state index >= 15 is 0 Å². The molecule has 2 aliphatic rings. The summed E-state index contributed by atoms with van der Waals surface area (Å²) in [6.45, 7) is 8.37. The van der Waals surface area contributed by atoms with Crippen molar-refractivity contribution in [2.45, 2.75) is 83.6 Å². The molecule has 2 fully saturated rings. The summed E-state index contributed by atoms with van der Waals surface area (Å²) in [5.74, 6) is 2.04. The lowest BCUT2D eigenvalue weighted by molar-refractivity contribution is -0.123. The van der Waals surface area contributed by atoms with E-state index in [1.165, 1.54) is 19.3 Å². The number of piperidine rings is 1. The SMILES string of the molecule is CC(C)(C)c1cc(C[C@@H]2CNCC[C@H]2CC(=O)NC2CCCCC2)no1. The van der Waals surface area contributed by atoms with Gasteiger partial charge in [0.15, 0.2) is 0 Å². The van der Waals surface area contributed by atoms with Crippen LogP contribution in [0.3, 0.4) is 0 Å². The molecule has 2 heterocycles. The molecule has 0 bridgehead atoms. The van der Waals surface area contributed by atoms with E-state index in [-0.39, 0.29) is 11.3 Å². The fourth-order valence-electron chi connectivity index (χ4n) is 4.29. The van der Waals surface area contributed by atoms with Crippen LogP contribution in [0.5, 0.6) is 0 Å². The second kappa shape index (κ2) is 8.55. The number of amides is 1. The molecule has 1 aromatic rings. The number of nitrogens with zero attached hydrogens (tertiary/aromatic N) is 1. The molecule has 1 amide bonds. The quantitative estimate of drug-likeness (QED) is 0.841. The Kier molecular flexibility index (Phi) is 6.38. The zero-order chi connectivity index (χ0) is 18.6. The Labute approximate surface area is 157 Å². The summed E-state index contributed by atoms with van der Waals surface area (Å²) >= 11 is 0. The van der Waals surface area contributed by atoms with E-state index < -0.39 is 0 Å². The molecule has 1 saturated heterocycles. The van der Waals surface area contributed by atoms with Crippen LogP contribution < -0.4 is 10.6 Å². The number of hydrogen-bond donors (Lipinski definition) is 2. The highest BCUT2D eigenvalue weighted by Gasteiger charge is 2.29. The van der Waals surface area contributed by atoms with Crippen molar-refractivity contribution >= 4 is 5.91 Å². The molecule has 5 heteroatoms. The smallest absolute Gasteiger partial charge is 0.220 e. The third-order valence-corrected chi connectivity index (χ3v) is 5.95. The van der Waals surface area contributed by atoms with E-state index in [2.05, 4.69) is 42.6 Å². The maximum Gasteiger partial charge on any atom is 0.220 e. The Morgan fingerprint density at radius 1 is 1.23 bits per heavy atom. The average Bonchev–Trinajstić information content (AvgIpc) is 3.06. The molecule has 1 saturated carbocycles. The van der Waals surface area contributed by atoms with Gasteiger partial charge in [-0.05, 0) is 50.6 Å². The molecule has 1 aliphatic heterocycles. The Balaban J connectivity index is 1.55. The molecule has 1 aliphatic carbocycles. The minimum absolute atomic E-state index is 0.0185. The minimum Gasteiger partial charge on any atom is -0.361 e. The van der Waals surface area contributed by atoms with Crippen molar-refractivity contribution in [3.05, 3.63) is 17.5 Å². The van der Waals surface area contributed by atoms with Gasteiger partial charge in [0.05, 0.1) is 5.69 Å². The van der Waals surface area contributed by atoms with Crippen molar-refractivity contribution in [2.75, 3.05) is 13.1 Å². The highest BCUT2D eigenvalue weighted by atomic mass is 16.5. The molecule has 0 unspecified atom stereocenters. The van der Waals surface area contributed by atoms with E-state index in [1.807, 2.05) is 0 Å². The van der Waals surface area contributed by atoms with Crippen molar-refractivity contribution in [1.82, 2.24) is 15.8 Å². The zero-order valence-electron chi connectivity index (χ0n) is 16.6. The molecule has 0 spiro atoms. The summed E-state index contributed by atoms with van der Waals surface area (Å²) in [4.78, 5) is 12.5. The predicted molar refractivity (Wildman–Crippen MR) is 103 cm³/mol. The van der Waals surface area contributed by atoms with Gasteiger partial charge < -0.3 is 15.2 Å². The molecule has 146 valence electrons. The lowest BCUT2D eigenvalue weighted by Gasteiger charge is -2.32. The first kappa shape index (κ1) is 19.4. The molecule has 2 atom stereocenters. The van der Waals surface area contributed by atoms with Gasteiger partial charge in [0, 0.05) is 23.9 Å². The maximum atomic E-state index is 12.5. The van der Waals surface area contributed by atoms with Gasteiger partial charge in [0.25, 0.3) is 0 Å². The summed E-state index contributed by atoms with van der Waals surface area (Å²) in [6.07, 6.45) is 8.71. The van der Waals surface area contributed by atoms with Crippen LogP contribution >= 0.6 is 0 Å². The van der Waals surface area contributed by atoms with Crippen LogP contribution in [-0.4, -0.2) is 30.2 Å². The third-order valence-electron chi connectivity index (χ3n) is 5.95. The highest BCUT2D eigenvalue weighted by Crippen LogP contribution is 2.29. The van der Waals surface area contributed by atoms with Crippen molar-refractivity contribution in [3.8, 4) is 0 Å². The molecule has 0 radical (unpaired) electrons. The first-order chi connectivity index (χ1) is 12.4. The van der Waals surface area contributed by atoms with Gasteiger partial charge in [0.2, 0.25) is 5.91 Å². The minimum atomic E-state index is -0.0185. The lowest BCUT2D eigenvalue weighted by Crippen LogP contribution is -2.42. The number of rotatable bonds is 5. The van der Waals surface area contributed by atoms with Crippen LogP contribution in [0.25, 0.3) is 0 Å². The molecule has 3 rings (SSSR count). The maximum absolute atomic E-state index is 12.5. The Bertz CT molecular complexity index is 584. The van der Waals surface area contributed by atoms with E-state index in [0.29, 0.717) is 24.3 Å². The number of aromatic nitrogens is 1. The van der Waals surface area contributed by atoms with Crippen molar-refractivity contribution in [2.24, 2.45) is 11.8 Å². The van der Waals surface area contributed by atoms with Gasteiger partial charge in [-0.1, -0.05) is 45.2 Å². The molecule has 2 N–H and O–H groups in total. The van der Waals surface area contributed by atoms with E-state index in [4.69, 9.17) is 4.52 Å². The van der Waals surface area contributed by atoms with Crippen LogP contribution in [0.2, 0.25) is 0 Å². The summed E-state index contributed by atoms with van der Waals surface area (Å²) in [5.41, 5.74) is 0.997. The number of hydrogen-bond acceptors (Lipinski definition) is 4. The summed E-state index contributed by atoms with van der Waals surface area (Å²) in [7, 11) is 0. The van der Waals surface area contributed by atoms with Gasteiger partial charge in [-0.2, -0.15) is 0 Å². The summed E-state index contributed by atoms with van der Waals surface area (Å²) in [6, 6.07) is 2.50. The van der Waals surface area contributed by atoms with Crippen LogP contribution in [0, 0.1) is 11.8 Å². The summed E-state index contributed by atoms with van der Waals surface area (Å²) in [5, 5.41) is 11.0. The number of nitrogens with one attached hydrogen (secondary N) is 2. The van der Waals surface area contributed by atoms with E-state index in [1.54, 1.807) is 0 Å². The van der Waals surface area contributed by atoms with Crippen LogP contribution in [0.4, 0.5) is 0 Å². The Hall–Kier alpha value is -1.36. The van der Waals surface area contributed by atoms with Crippen molar-refractivity contribution < 1.29 is 9.32 Å². The molecule has 5 nitrogen and oxygen atoms in total. The number of carbonyl (C=O) groups is 1. The van der Waals surface area contributed by atoms with Gasteiger partial charge >= 0.3 is 0 Å². The summed E-state index contributed by atoms with van der Waals surface area (Å²) < 4.78 is 5.54. The van der Waals surface area contributed by atoms with Gasteiger partial charge in [-0.15, -0.1) is 0 Å². The Morgan fingerprint density at radius 3 is 2.69 bits per heavy atom. The van der Waals surface area contributed by atoms with Crippen LogP contribution in [-0.2, 0) is 16.6 Å². The molecule has 0 aromatic carbocycles. The van der Waals surface area contributed by atoms with E-state index in [0.717, 1.165) is 50.2 Å². The first-order valence-electron chi connectivity index (χ1n) is 10.4. The predicted octanol–water partition coefficient (Wildman–Crippen LogP) is 3.58. The lowest BCUT2D eigenvalue weighted by atomic mass is 9.80. The molecule has 1 aromatic heterocycles. The fraction of sp³-hybridized carbons (Fsp3) is 0.810. The monoisotopic (exact) mass is 361 g/mol. The molecule has 26 heavy (non-hydrogen) atoms. The van der Waals surface area contributed by atoms with Crippen LogP contribution in [0.1, 0.15) is 77.2 Å². The van der Waals surface area contributed by atoms with Crippen molar-refractivity contribution in [1.29, 1.82) is 0 Å². The third kappa shape index (κ3) is 5.32. The van der Waals surface area contributed by atoms with Crippen molar-refractivity contribution in [3.63, 3.8) is 0 Å². The van der Waals surface area contributed by atoms with Gasteiger partial charge in [0.1, 0.15) is 5.76 Å². The van der Waals surface area contributed by atoms with Crippen LogP contribution in [0.15, 0.2) is 10.6 Å². The number of carbonyl (C=O) groups excluding carboxylic acids is 1. The molecular formula is C21H35N3O2. The highest BCUT2D eigenvalue weighted by molar-refractivity contribution is 5.76. The Morgan fingerprint density at radius 2 is 2.00 bits per heavy atom. The normalized spacial score (nSPS) is 25.2. The average molecular weight is 362 g/mol. The molecular weight excluding hydrogens is 326 g/mol. The zero-order valence-corrected chi connectivity index (χ0v) is 16.6. The first-order valence-corrected chi connectivity index (χ1v) is 10.4. The standard InChI is InChI=1S/C21H35N3O2/c1-21(2,3)19-13-18(24-26-19)11-16-14-22-10-9-15(16)12-20(25)23-17-7-5-4-6-8-17/h13,15-17,22H,4-12,14H2,1-3H3,(H,23,25)/t15-,16+/m0/s1. The topological polar surface area (TPSA) is 67.2 Å². The fourth-order valence-corrected chi connectivity index (χ4v) is 4.29. The second-order valence-corrected chi connectivity index (χ2v) is 9.26. The van der Waals surface area contributed by atoms with Gasteiger partial charge in [-0.25, -0.2) is 0 Å². The second-order valence-electron chi connectivity index (χ2n) is 9.26.